The highest BCUT2D eigenvalue weighted by Gasteiger charge is 2.26. The third-order valence-electron chi connectivity index (χ3n) is 6.82. The average Bonchev–Trinajstić information content (AvgIpc) is 3.53. The number of amides is 1. The van der Waals surface area contributed by atoms with Gasteiger partial charge in [-0.3, -0.25) is 4.79 Å². The number of carbonyl (C=O) groups is 1. The van der Waals surface area contributed by atoms with E-state index in [0.29, 0.717) is 13.0 Å². The summed E-state index contributed by atoms with van der Waals surface area (Å²) in [5, 5.41) is 1.12. The van der Waals surface area contributed by atoms with Crippen molar-refractivity contribution in [3.63, 3.8) is 0 Å². The highest BCUT2D eigenvalue weighted by Crippen LogP contribution is 2.36. The molecule has 5 heteroatoms. The first-order valence-electron chi connectivity index (χ1n) is 11.9. The van der Waals surface area contributed by atoms with Crippen LogP contribution in [0.2, 0.25) is 0 Å². The Morgan fingerprint density at radius 1 is 0.971 bits per heavy atom. The van der Waals surface area contributed by atoms with Crippen LogP contribution in [0.3, 0.4) is 0 Å². The van der Waals surface area contributed by atoms with Gasteiger partial charge in [0.1, 0.15) is 11.6 Å². The molecule has 1 saturated heterocycles. The molecule has 0 radical (unpaired) electrons. The van der Waals surface area contributed by atoms with Gasteiger partial charge in [0.05, 0.1) is 7.11 Å². The first-order valence-corrected chi connectivity index (χ1v) is 11.9. The van der Waals surface area contributed by atoms with Crippen LogP contribution in [0.1, 0.15) is 41.9 Å². The summed E-state index contributed by atoms with van der Waals surface area (Å²) in [7, 11) is 1.67. The number of hydrogen-bond acceptors (Lipinski definition) is 2. The molecule has 1 aromatic heterocycles. The Morgan fingerprint density at radius 2 is 1.68 bits per heavy atom. The Labute approximate surface area is 199 Å². The molecule has 34 heavy (non-hydrogen) atoms. The fourth-order valence-electron chi connectivity index (χ4n) is 4.98. The predicted octanol–water partition coefficient (Wildman–Crippen LogP) is 5.98. The van der Waals surface area contributed by atoms with Crippen molar-refractivity contribution in [3.05, 3.63) is 102 Å². The Kier molecular flexibility index (Phi) is 6.35. The molecule has 1 aliphatic heterocycles. The van der Waals surface area contributed by atoms with Crippen molar-refractivity contribution in [2.45, 2.75) is 31.7 Å². The van der Waals surface area contributed by atoms with Crippen molar-refractivity contribution >= 4 is 16.8 Å². The number of fused-ring (bicyclic) bond motifs is 1. The fraction of sp³-hybridized carbons (Fsp3) is 0.276. The van der Waals surface area contributed by atoms with Crippen LogP contribution in [0.5, 0.6) is 5.75 Å². The average molecular weight is 457 g/mol. The lowest BCUT2D eigenvalue weighted by Crippen LogP contribution is -2.29. The number of halogens is 1. The van der Waals surface area contributed by atoms with E-state index in [1.807, 2.05) is 41.3 Å². The molecule has 1 atom stereocenters. The molecule has 0 N–H and O–H groups in total. The van der Waals surface area contributed by atoms with Crippen LogP contribution in [0.25, 0.3) is 10.9 Å². The van der Waals surface area contributed by atoms with Crippen molar-refractivity contribution in [2.75, 3.05) is 20.2 Å². The van der Waals surface area contributed by atoms with E-state index in [4.69, 9.17) is 4.74 Å². The van der Waals surface area contributed by atoms with Crippen LogP contribution >= 0.6 is 0 Å². The van der Waals surface area contributed by atoms with Gasteiger partial charge in [0.2, 0.25) is 5.91 Å². The maximum absolute atomic E-state index is 13.7. The number of benzene rings is 3. The number of hydrogen-bond donors (Lipinski definition) is 0. The van der Waals surface area contributed by atoms with Crippen molar-refractivity contribution in [1.82, 2.24) is 9.47 Å². The normalized spacial score (nSPS) is 14.5. The number of ether oxygens (including phenoxy) is 1. The Bertz CT molecular complexity index is 1270. The molecule has 4 nitrogen and oxygen atoms in total. The number of aromatic nitrogens is 1. The number of carbonyl (C=O) groups excluding carboxylic acids is 1. The quantitative estimate of drug-likeness (QED) is 0.343. The van der Waals surface area contributed by atoms with Gasteiger partial charge in [0.15, 0.2) is 0 Å². The molecule has 0 bridgehead atoms. The lowest BCUT2D eigenvalue weighted by Gasteiger charge is -2.21. The summed E-state index contributed by atoms with van der Waals surface area (Å²) in [5.74, 6) is 0.587. The molecule has 3 aromatic carbocycles. The molecule has 1 amide bonds. The van der Waals surface area contributed by atoms with Gasteiger partial charge in [-0.2, -0.15) is 0 Å². The van der Waals surface area contributed by atoms with E-state index in [1.54, 1.807) is 7.11 Å². The molecule has 0 aliphatic carbocycles. The number of likely N-dealkylation sites (tertiary alicyclic amines) is 1. The summed E-state index contributed by atoms with van der Waals surface area (Å²) < 4.78 is 21.3. The van der Waals surface area contributed by atoms with E-state index < -0.39 is 0 Å². The van der Waals surface area contributed by atoms with Gasteiger partial charge >= 0.3 is 0 Å². The summed E-state index contributed by atoms with van der Waals surface area (Å²) >= 11 is 0. The Balaban J connectivity index is 1.55. The number of methoxy groups -OCH3 is 1. The van der Waals surface area contributed by atoms with Gasteiger partial charge in [-0.25, -0.2) is 4.39 Å². The molecule has 174 valence electrons. The minimum Gasteiger partial charge on any atom is -0.497 e. The SMILES string of the molecule is COc1ccc(Cn2cc([C@@H](CC(=O)N3CCCC3)c3ccc(F)cc3)c3ccccc32)cc1. The van der Waals surface area contributed by atoms with Gasteiger partial charge in [-0.15, -0.1) is 0 Å². The van der Waals surface area contributed by atoms with Gasteiger partial charge < -0.3 is 14.2 Å². The molecule has 2 heterocycles. The van der Waals surface area contributed by atoms with Crippen LogP contribution in [-0.4, -0.2) is 35.6 Å². The fourth-order valence-corrected chi connectivity index (χ4v) is 4.98. The summed E-state index contributed by atoms with van der Waals surface area (Å²) in [4.78, 5) is 15.2. The van der Waals surface area contributed by atoms with Gasteiger partial charge in [-0.05, 0) is 59.9 Å². The third kappa shape index (κ3) is 4.56. The van der Waals surface area contributed by atoms with E-state index >= 15 is 0 Å². The largest absolute Gasteiger partial charge is 0.497 e. The van der Waals surface area contributed by atoms with Gasteiger partial charge in [0.25, 0.3) is 0 Å². The second-order valence-corrected chi connectivity index (χ2v) is 8.97. The molecule has 0 saturated carbocycles. The summed E-state index contributed by atoms with van der Waals surface area (Å²) in [6.07, 6.45) is 4.67. The molecular formula is C29H29FN2O2. The Hall–Kier alpha value is -3.60. The van der Waals surface area contributed by atoms with E-state index in [2.05, 4.69) is 35.0 Å². The molecule has 0 spiro atoms. The maximum atomic E-state index is 13.7. The topological polar surface area (TPSA) is 34.5 Å². The zero-order valence-corrected chi connectivity index (χ0v) is 19.4. The lowest BCUT2D eigenvalue weighted by molar-refractivity contribution is -0.130. The van der Waals surface area contributed by atoms with E-state index in [1.165, 1.54) is 17.7 Å². The second-order valence-electron chi connectivity index (χ2n) is 8.97. The summed E-state index contributed by atoms with van der Waals surface area (Å²) in [5.41, 5.74) is 4.35. The molecule has 4 aromatic rings. The van der Waals surface area contributed by atoms with Crippen molar-refractivity contribution in [1.29, 1.82) is 0 Å². The Morgan fingerprint density at radius 3 is 2.38 bits per heavy atom. The number of nitrogens with zero attached hydrogens (tertiary/aromatic N) is 2. The van der Waals surface area contributed by atoms with Gasteiger partial charge in [-0.1, -0.05) is 42.5 Å². The highest BCUT2D eigenvalue weighted by atomic mass is 19.1. The molecule has 5 rings (SSSR count). The van der Waals surface area contributed by atoms with Crippen molar-refractivity contribution < 1.29 is 13.9 Å². The minimum absolute atomic E-state index is 0.143. The highest BCUT2D eigenvalue weighted by molar-refractivity contribution is 5.87. The molecule has 0 unspecified atom stereocenters. The van der Waals surface area contributed by atoms with Crippen LogP contribution in [0, 0.1) is 5.82 Å². The zero-order chi connectivity index (χ0) is 23.5. The van der Waals surface area contributed by atoms with Crippen LogP contribution in [0.15, 0.2) is 79.0 Å². The van der Waals surface area contributed by atoms with E-state index in [-0.39, 0.29) is 17.6 Å². The smallest absolute Gasteiger partial charge is 0.223 e. The summed E-state index contributed by atoms with van der Waals surface area (Å²) in [6.45, 7) is 2.36. The maximum Gasteiger partial charge on any atom is 0.223 e. The minimum atomic E-state index is -0.268. The second kappa shape index (κ2) is 9.72. The van der Waals surface area contributed by atoms with E-state index in [0.717, 1.165) is 53.7 Å². The standard InChI is InChI=1S/C29H29FN2O2/c1-34-24-14-8-21(9-15-24)19-32-20-27(25-6-2-3-7-28(25)32)26(22-10-12-23(30)13-11-22)18-29(33)31-16-4-5-17-31/h2-3,6-15,20,26H,4-5,16-19H2,1H3/t26-/m0/s1. The van der Waals surface area contributed by atoms with Crippen molar-refractivity contribution in [2.24, 2.45) is 0 Å². The first kappa shape index (κ1) is 22.2. The third-order valence-corrected chi connectivity index (χ3v) is 6.82. The summed E-state index contributed by atoms with van der Waals surface area (Å²) in [6, 6.07) is 23.0. The monoisotopic (exact) mass is 456 g/mol. The number of para-hydroxylation sites is 1. The first-order chi connectivity index (χ1) is 16.6. The lowest BCUT2D eigenvalue weighted by atomic mass is 9.88. The molecular weight excluding hydrogens is 427 g/mol. The van der Waals surface area contributed by atoms with Crippen LogP contribution in [0.4, 0.5) is 4.39 Å². The van der Waals surface area contributed by atoms with Crippen LogP contribution in [-0.2, 0) is 11.3 Å². The van der Waals surface area contributed by atoms with E-state index in [9.17, 15) is 9.18 Å². The van der Waals surface area contributed by atoms with Gasteiger partial charge in [0, 0.05) is 49.1 Å². The number of rotatable bonds is 7. The van der Waals surface area contributed by atoms with Crippen LogP contribution < -0.4 is 4.74 Å². The predicted molar refractivity (Wildman–Crippen MR) is 133 cm³/mol. The zero-order valence-electron chi connectivity index (χ0n) is 19.4. The van der Waals surface area contributed by atoms with Crippen molar-refractivity contribution in [3.8, 4) is 5.75 Å². The molecule has 1 fully saturated rings. The molecule has 1 aliphatic rings.